The maximum atomic E-state index is 13.1. The minimum absolute atomic E-state index is 0.0830. The summed E-state index contributed by atoms with van der Waals surface area (Å²) in [5, 5.41) is 17.0. The molecule has 1 aliphatic heterocycles. The number of hydrogen-bond acceptors (Lipinski definition) is 5. The van der Waals surface area contributed by atoms with Gasteiger partial charge in [0.15, 0.2) is 17.2 Å². The molecule has 0 spiro atoms. The van der Waals surface area contributed by atoms with Gasteiger partial charge >= 0.3 is 0 Å². The van der Waals surface area contributed by atoms with Crippen molar-refractivity contribution in [3.05, 3.63) is 58.1 Å². The van der Waals surface area contributed by atoms with Gasteiger partial charge < -0.3 is 14.6 Å². The highest BCUT2D eigenvalue weighted by molar-refractivity contribution is 9.10. The minimum atomic E-state index is -1.49. The third-order valence-corrected chi connectivity index (χ3v) is 5.33. The maximum absolute atomic E-state index is 13.1. The maximum Gasteiger partial charge on any atom is 0.250 e. The summed E-state index contributed by atoms with van der Waals surface area (Å²) in [5.41, 5.74) is 0.676. The van der Waals surface area contributed by atoms with Crippen molar-refractivity contribution in [2.24, 2.45) is 5.10 Å². The molecule has 28 heavy (non-hydrogen) atoms. The van der Waals surface area contributed by atoms with Crippen LogP contribution >= 0.6 is 15.9 Å². The molecule has 2 aromatic carbocycles. The molecule has 0 bridgehead atoms. The molecule has 0 saturated heterocycles. The van der Waals surface area contributed by atoms with Crippen molar-refractivity contribution in [2.75, 3.05) is 14.2 Å². The van der Waals surface area contributed by atoms with E-state index in [0.717, 1.165) is 15.7 Å². The average molecular weight is 447 g/mol. The van der Waals surface area contributed by atoms with Crippen LogP contribution in [0, 0.1) is 0 Å². The van der Waals surface area contributed by atoms with Crippen molar-refractivity contribution in [1.29, 1.82) is 0 Å². The number of aliphatic hydroxyl groups is 1. The molecule has 1 N–H and O–H groups in total. The van der Waals surface area contributed by atoms with Gasteiger partial charge in [-0.2, -0.15) is 10.1 Å². The summed E-state index contributed by atoms with van der Waals surface area (Å²) >= 11 is 3.40. The van der Waals surface area contributed by atoms with Crippen molar-refractivity contribution in [2.45, 2.75) is 31.9 Å². The number of methoxy groups -OCH3 is 2. The molecule has 3 rings (SSSR count). The van der Waals surface area contributed by atoms with Gasteiger partial charge in [0.2, 0.25) is 5.91 Å². The third-order valence-electron chi connectivity index (χ3n) is 4.80. The molecule has 1 atom stereocenters. The molecular weight excluding hydrogens is 424 g/mol. The quantitative estimate of drug-likeness (QED) is 0.731. The fourth-order valence-corrected chi connectivity index (χ4v) is 3.52. The molecule has 0 aromatic heterocycles. The smallest absolute Gasteiger partial charge is 0.250 e. The van der Waals surface area contributed by atoms with E-state index in [4.69, 9.17) is 9.47 Å². The van der Waals surface area contributed by atoms with E-state index < -0.39 is 5.72 Å². The number of hydrogen-bond donors (Lipinski definition) is 1. The number of carbonyl (C=O) groups is 1. The standard InChI is InChI=1S/C21H23BrN2O4/c1-4-17-13-21(26,15-6-8-16(22)9-7-15)24(23-17)20(25)12-14-5-10-18(27-2)19(11-14)28-3/h5-11,26H,4,12-13H2,1-3H3. The van der Waals surface area contributed by atoms with E-state index in [1.165, 1.54) is 5.01 Å². The number of rotatable bonds is 6. The highest BCUT2D eigenvalue weighted by Crippen LogP contribution is 2.37. The van der Waals surface area contributed by atoms with E-state index in [1.54, 1.807) is 44.6 Å². The lowest BCUT2D eigenvalue weighted by Gasteiger charge is -2.31. The van der Waals surface area contributed by atoms with Crippen LogP contribution in [0.1, 0.15) is 30.9 Å². The number of benzene rings is 2. The Morgan fingerprint density at radius 2 is 1.86 bits per heavy atom. The number of ether oxygens (including phenoxy) is 2. The predicted molar refractivity (Wildman–Crippen MR) is 110 cm³/mol. The second-order valence-corrected chi connectivity index (χ2v) is 7.51. The molecule has 0 fully saturated rings. The van der Waals surface area contributed by atoms with E-state index >= 15 is 0 Å². The summed E-state index contributed by atoms with van der Waals surface area (Å²) in [6, 6.07) is 12.6. The summed E-state index contributed by atoms with van der Waals surface area (Å²) in [7, 11) is 3.11. The second-order valence-electron chi connectivity index (χ2n) is 6.59. The van der Waals surface area contributed by atoms with Gasteiger partial charge in [-0.15, -0.1) is 0 Å². The number of carbonyl (C=O) groups excluding carboxylic acids is 1. The first-order chi connectivity index (χ1) is 13.4. The van der Waals surface area contributed by atoms with Crippen LogP contribution < -0.4 is 9.47 Å². The Bertz CT molecular complexity index is 898. The van der Waals surface area contributed by atoms with Crippen LogP contribution in [0.15, 0.2) is 52.0 Å². The minimum Gasteiger partial charge on any atom is -0.493 e. The zero-order valence-corrected chi connectivity index (χ0v) is 17.7. The zero-order chi connectivity index (χ0) is 20.3. The molecule has 2 aromatic rings. The summed E-state index contributed by atoms with van der Waals surface area (Å²) in [4.78, 5) is 13.1. The molecular formula is C21H23BrN2O4. The van der Waals surface area contributed by atoms with Crippen molar-refractivity contribution in [1.82, 2.24) is 5.01 Å². The number of nitrogens with zero attached hydrogens (tertiary/aromatic N) is 2. The van der Waals surface area contributed by atoms with Crippen LogP contribution in [0.4, 0.5) is 0 Å². The molecule has 0 saturated carbocycles. The first kappa shape index (κ1) is 20.4. The normalized spacial score (nSPS) is 18.8. The lowest BCUT2D eigenvalue weighted by molar-refractivity contribution is -0.157. The topological polar surface area (TPSA) is 71.4 Å². The fraction of sp³-hybridized carbons (Fsp3) is 0.333. The molecule has 6 nitrogen and oxygen atoms in total. The van der Waals surface area contributed by atoms with Crippen LogP contribution in [0.25, 0.3) is 0 Å². The van der Waals surface area contributed by atoms with E-state index in [0.29, 0.717) is 29.9 Å². The molecule has 148 valence electrons. The number of halogens is 1. The van der Waals surface area contributed by atoms with Crippen molar-refractivity contribution >= 4 is 27.5 Å². The van der Waals surface area contributed by atoms with Gasteiger partial charge in [0.05, 0.1) is 20.6 Å². The largest absolute Gasteiger partial charge is 0.493 e. The van der Waals surface area contributed by atoms with E-state index in [2.05, 4.69) is 21.0 Å². The first-order valence-corrected chi connectivity index (χ1v) is 9.79. The Labute approximate surface area is 172 Å². The molecule has 1 aliphatic rings. The van der Waals surface area contributed by atoms with E-state index in [-0.39, 0.29) is 12.3 Å². The monoisotopic (exact) mass is 446 g/mol. The van der Waals surface area contributed by atoms with Gasteiger partial charge in [0, 0.05) is 22.2 Å². The number of hydrazone groups is 1. The van der Waals surface area contributed by atoms with Gasteiger partial charge in [-0.3, -0.25) is 4.79 Å². The highest BCUT2D eigenvalue weighted by Gasteiger charge is 2.45. The van der Waals surface area contributed by atoms with Crippen LogP contribution in [0.3, 0.4) is 0 Å². The lowest BCUT2D eigenvalue weighted by Crippen LogP contribution is -2.44. The Balaban J connectivity index is 1.89. The SMILES string of the molecule is CCC1=NN(C(=O)Cc2ccc(OC)c(OC)c2)C(O)(c2ccc(Br)cc2)C1. The summed E-state index contributed by atoms with van der Waals surface area (Å²) < 4.78 is 11.4. The fourth-order valence-electron chi connectivity index (χ4n) is 3.26. The van der Waals surface area contributed by atoms with E-state index in [9.17, 15) is 9.90 Å². The molecule has 0 aliphatic carbocycles. The molecule has 1 amide bonds. The summed E-state index contributed by atoms with van der Waals surface area (Å²) in [6.45, 7) is 1.96. The lowest BCUT2D eigenvalue weighted by atomic mass is 9.96. The van der Waals surface area contributed by atoms with Crippen molar-refractivity contribution in [3.63, 3.8) is 0 Å². The van der Waals surface area contributed by atoms with Gasteiger partial charge in [-0.25, -0.2) is 0 Å². The molecule has 0 radical (unpaired) electrons. The third kappa shape index (κ3) is 3.91. The van der Waals surface area contributed by atoms with Crippen LogP contribution in [-0.4, -0.2) is 36.0 Å². The van der Waals surface area contributed by atoms with Gasteiger partial charge in [-0.05, 0) is 36.2 Å². The summed E-state index contributed by atoms with van der Waals surface area (Å²) in [6.07, 6.45) is 1.04. The first-order valence-electron chi connectivity index (χ1n) is 9.00. The molecule has 1 heterocycles. The van der Waals surface area contributed by atoms with Gasteiger partial charge in [0.25, 0.3) is 0 Å². The predicted octanol–water partition coefficient (Wildman–Crippen LogP) is 3.85. The Morgan fingerprint density at radius 1 is 1.18 bits per heavy atom. The highest BCUT2D eigenvalue weighted by atomic mass is 79.9. The molecule has 1 unspecified atom stereocenters. The Hall–Kier alpha value is -2.38. The van der Waals surface area contributed by atoms with Crippen LogP contribution in [0.2, 0.25) is 0 Å². The van der Waals surface area contributed by atoms with Crippen LogP contribution in [-0.2, 0) is 16.9 Å². The van der Waals surface area contributed by atoms with Gasteiger partial charge in [0.1, 0.15) is 0 Å². The van der Waals surface area contributed by atoms with Crippen molar-refractivity contribution < 1.29 is 19.4 Å². The average Bonchev–Trinajstić information content (AvgIpc) is 3.06. The second kappa shape index (κ2) is 8.32. The zero-order valence-electron chi connectivity index (χ0n) is 16.1. The Kier molecular flexibility index (Phi) is 6.05. The number of amides is 1. The van der Waals surface area contributed by atoms with Crippen LogP contribution in [0.5, 0.6) is 11.5 Å². The molecule has 7 heteroatoms. The van der Waals surface area contributed by atoms with E-state index in [1.807, 2.05) is 19.1 Å². The Morgan fingerprint density at radius 3 is 2.46 bits per heavy atom. The van der Waals surface area contributed by atoms with Gasteiger partial charge in [-0.1, -0.05) is 41.1 Å². The summed E-state index contributed by atoms with van der Waals surface area (Å²) in [5.74, 6) is 0.855. The van der Waals surface area contributed by atoms with Crippen molar-refractivity contribution in [3.8, 4) is 11.5 Å².